The second-order valence-electron chi connectivity index (χ2n) is 4.04. The summed E-state index contributed by atoms with van der Waals surface area (Å²) in [7, 11) is -1.24. The van der Waals surface area contributed by atoms with Gasteiger partial charge in [0, 0.05) is 21.6 Å². The summed E-state index contributed by atoms with van der Waals surface area (Å²) in [5.74, 6) is 0.436. The molecule has 1 heterocycles. The number of benzene rings is 1. The van der Waals surface area contributed by atoms with Gasteiger partial charge in [0.15, 0.2) is 5.82 Å². The Morgan fingerprint density at radius 2 is 2.10 bits per heavy atom. The normalized spacial score (nSPS) is 13.4. The number of halogens is 4. The van der Waals surface area contributed by atoms with Gasteiger partial charge in [0.2, 0.25) is 0 Å². The van der Waals surface area contributed by atoms with Crippen LogP contribution in [-0.2, 0) is 22.7 Å². The maximum Gasteiger partial charge on any atom is 0.418 e. The van der Waals surface area contributed by atoms with Crippen LogP contribution >= 0.6 is 11.6 Å². The summed E-state index contributed by atoms with van der Waals surface area (Å²) in [6.45, 7) is 1.70. The van der Waals surface area contributed by atoms with Crippen molar-refractivity contribution >= 4 is 22.4 Å². The zero-order valence-electron chi connectivity index (χ0n) is 10.8. The highest BCUT2D eigenvalue weighted by Gasteiger charge is 2.35. The molecule has 114 valence electrons. The van der Waals surface area contributed by atoms with Crippen LogP contribution in [-0.4, -0.2) is 30.2 Å². The first-order chi connectivity index (χ1) is 9.82. The van der Waals surface area contributed by atoms with E-state index in [9.17, 15) is 17.4 Å². The van der Waals surface area contributed by atoms with Crippen LogP contribution in [0.5, 0.6) is 0 Å². The summed E-state index contributed by atoms with van der Waals surface area (Å²) in [6, 6.07) is 3.30. The standard InChI is InChI=1S/C11H10ClF3N4OS/c1-2-21(20)6-10-16-17-18-19(10)9-4-3-7(12)5-8(9)11(13,14)15/h3-5H,2,6H2,1H3/t21-/m0/s1. The van der Waals surface area contributed by atoms with Crippen LogP contribution in [0.3, 0.4) is 0 Å². The molecule has 0 aliphatic rings. The largest absolute Gasteiger partial charge is 0.418 e. The number of aromatic nitrogens is 4. The Balaban J connectivity index is 2.53. The molecule has 5 nitrogen and oxygen atoms in total. The van der Waals surface area contributed by atoms with Crippen molar-refractivity contribution in [2.75, 3.05) is 5.75 Å². The fraction of sp³-hybridized carbons (Fsp3) is 0.364. The minimum atomic E-state index is -4.60. The van der Waals surface area contributed by atoms with Crippen molar-refractivity contribution in [1.82, 2.24) is 20.2 Å². The number of hydrogen-bond donors (Lipinski definition) is 0. The molecular formula is C11H10ClF3N4OS. The van der Waals surface area contributed by atoms with E-state index in [1.165, 1.54) is 12.1 Å². The predicted molar refractivity (Wildman–Crippen MR) is 71.6 cm³/mol. The van der Waals surface area contributed by atoms with E-state index >= 15 is 0 Å². The van der Waals surface area contributed by atoms with E-state index in [1.807, 2.05) is 0 Å². The highest BCUT2D eigenvalue weighted by Crippen LogP contribution is 2.35. The van der Waals surface area contributed by atoms with Gasteiger partial charge in [0.05, 0.1) is 17.0 Å². The molecule has 1 atom stereocenters. The molecule has 0 bridgehead atoms. The number of nitrogens with zero attached hydrogens (tertiary/aromatic N) is 4. The third-order valence-corrected chi connectivity index (χ3v) is 4.10. The van der Waals surface area contributed by atoms with Gasteiger partial charge in [-0.3, -0.25) is 4.21 Å². The molecule has 0 radical (unpaired) electrons. The molecular weight excluding hydrogens is 329 g/mol. The van der Waals surface area contributed by atoms with E-state index in [0.29, 0.717) is 5.75 Å². The molecule has 1 aromatic heterocycles. The summed E-state index contributed by atoms with van der Waals surface area (Å²) < 4.78 is 51.7. The van der Waals surface area contributed by atoms with Crippen LogP contribution in [0.2, 0.25) is 5.02 Å². The van der Waals surface area contributed by atoms with Gasteiger partial charge in [0.25, 0.3) is 0 Å². The number of alkyl halides is 3. The summed E-state index contributed by atoms with van der Waals surface area (Å²) in [5, 5.41) is 10.5. The lowest BCUT2D eigenvalue weighted by atomic mass is 10.1. The van der Waals surface area contributed by atoms with Gasteiger partial charge in [-0.25, -0.2) is 0 Å². The van der Waals surface area contributed by atoms with Crippen molar-refractivity contribution < 1.29 is 17.4 Å². The van der Waals surface area contributed by atoms with Gasteiger partial charge in [-0.1, -0.05) is 18.5 Å². The van der Waals surface area contributed by atoms with Crippen molar-refractivity contribution in [2.45, 2.75) is 18.9 Å². The SMILES string of the molecule is CC[S@](=O)Cc1nnnn1-c1ccc(Cl)cc1C(F)(F)F. The fourth-order valence-corrected chi connectivity index (χ4v) is 2.49. The van der Waals surface area contributed by atoms with E-state index < -0.39 is 22.5 Å². The maximum absolute atomic E-state index is 13.1. The summed E-state index contributed by atoms with van der Waals surface area (Å²) >= 11 is 5.62. The van der Waals surface area contributed by atoms with Crippen molar-refractivity contribution in [1.29, 1.82) is 0 Å². The molecule has 1 aromatic carbocycles. The second kappa shape index (κ2) is 6.10. The topological polar surface area (TPSA) is 60.7 Å². The lowest BCUT2D eigenvalue weighted by Crippen LogP contribution is -2.14. The Bertz CT molecular complexity index is 674. The monoisotopic (exact) mass is 338 g/mol. The highest BCUT2D eigenvalue weighted by molar-refractivity contribution is 7.84. The molecule has 21 heavy (non-hydrogen) atoms. The number of tetrazole rings is 1. The smallest absolute Gasteiger partial charge is 0.259 e. The van der Waals surface area contributed by atoms with E-state index in [-0.39, 0.29) is 22.3 Å². The first kappa shape index (κ1) is 15.9. The highest BCUT2D eigenvalue weighted by atomic mass is 35.5. The fourth-order valence-electron chi connectivity index (χ4n) is 1.65. The van der Waals surface area contributed by atoms with E-state index in [4.69, 9.17) is 11.6 Å². The molecule has 0 aliphatic carbocycles. The van der Waals surface area contributed by atoms with E-state index in [1.54, 1.807) is 6.92 Å². The molecule has 0 N–H and O–H groups in total. The third-order valence-electron chi connectivity index (χ3n) is 2.64. The second-order valence-corrected chi connectivity index (χ2v) is 6.22. The van der Waals surface area contributed by atoms with Crippen molar-refractivity contribution in [3.8, 4) is 5.69 Å². The molecule has 0 amide bonds. The molecule has 0 spiro atoms. The molecule has 0 aliphatic heterocycles. The minimum Gasteiger partial charge on any atom is -0.259 e. The minimum absolute atomic E-state index is 0.0244. The van der Waals surface area contributed by atoms with Crippen LogP contribution in [0.4, 0.5) is 13.2 Å². The summed E-state index contributed by atoms with van der Waals surface area (Å²) in [4.78, 5) is 0. The Morgan fingerprint density at radius 1 is 1.38 bits per heavy atom. The lowest BCUT2D eigenvalue weighted by molar-refractivity contribution is -0.137. The van der Waals surface area contributed by atoms with Gasteiger partial charge in [-0.2, -0.15) is 17.9 Å². The Kier molecular flexibility index (Phi) is 4.62. The van der Waals surface area contributed by atoms with Gasteiger partial charge < -0.3 is 0 Å². The van der Waals surface area contributed by atoms with Crippen LogP contribution in [0.15, 0.2) is 18.2 Å². The average Bonchev–Trinajstić information content (AvgIpc) is 2.85. The van der Waals surface area contributed by atoms with Crippen LogP contribution in [0.1, 0.15) is 18.3 Å². The maximum atomic E-state index is 13.1. The Hall–Kier alpha value is -1.48. The molecule has 0 saturated heterocycles. The zero-order valence-corrected chi connectivity index (χ0v) is 12.3. The van der Waals surface area contributed by atoms with Gasteiger partial charge in [-0.15, -0.1) is 5.10 Å². The van der Waals surface area contributed by atoms with E-state index in [2.05, 4.69) is 15.5 Å². The number of rotatable bonds is 4. The first-order valence-corrected chi connectivity index (χ1v) is 7.69. The van der Waals surface area contributed by atoms with Crippen molar-refractivity contribution in [3.05, 3.63) is 34.6 Å². The number of hydrogen-bond acceptors (Lipinski definition) is 4. The zero-order chi connectivity index (χ0) is 15.6. The lowest BCUT2D eigenvalue weighted by Gasteiger charge is -2.13. The van der Waals surface area contributed by atoms with Crippen molar-refractivity contribution in [2.24, 2.45) is 0 Å². The molecule has 2 rings (SSSR count). The van der Waals surface area contributed by atoms with Gasteiger partial charge in [-0.05, 0) is 28.6 Å². The Labute approximate surface area is 125 Å². The average molecular weight is 339 g/mol. The predicted octanol–water partition coefficient (Wildman–Crippen LogP) is 2.60. The van der Waals surface area contributed by atoms with Gasteiger partial charge >= 0.3 is 6.18 Å². The van der Waals surface area contributed by atoms with Crippen molar-refractivity contribution in [3.63, 3.8) is 0 Å². The quantitative estimate of drug-likeness (QED) is 0.859. The molecule has 2 aromatic rings. The molecule has 10 heteroatoms. The van der Waals surface area contributed by atoms with Crippen LogP contribution in [0, 0.1) is 0 Å². The summed E-state index contributed by atoms with van der Waals surface area (Å²) in [6.07, 6.45) is -4.60. The van der Waals surface area contributed by atoms with Crippen LogP contribution < -0.4 is 0 Å². The van der Waals surface area contributed by atoms with E-state index in [0.717, 1.165) is 10.7 Å². The third kappa shape index (κ3) is 3.59. The molecule has 0 saturated carbocycles. The van der Waals surface area contributed by atoms with Crippen LogP contribution in [0.25, 0.3) is 5.69 Å². The molecule has 0 unspecified atom stereocenters. The van der Waals surface area contributed by atoms with Gasteiger partial charge in [0.1, 0.15) is 0 Å². The first-order valence-electron chi connectivity index (χ1n) is 5.82. The Morgan fingerprint density at radius 3 is 2.71 bits per heavy atom. The molecule has 0 fully saturated rings. The summed E-state index contributed by atoms with van der Waals surface area (Å²) in [5.41, 5.74) is -1.20.